The van der Waals surface area contributed by atoms with Crippen LogP contribution >= 0.6 is 0 Å². The zero-order chi connectivity index (χ0) is 15.9. The first-order valence-electron chi connectivity index (χ1n) is 6.42. The van der Waals surface area contributed by atoms with Gasteiger partial charge in [-0.1, -0.05) is 17.8 Å². The molecular weight excluding hydrogens is 288 g/mol. The third-order valence-electron chi connectivity index (χ3n) is 2.67. The van der Waals surface area contributed by atoms with Crippen LogP contribution in [0.15, 0.2) is 35.3 Å². The summed E-state index contributed by atoms with van der Waals surface area (Å²) in [5.41, 5.74) is 5.71. The molecule has 1 amide bonds. The number of nitrogens with two attached hydrogens (primary N) is 1. The highest BCUT2D eigenvalue weighted by atomic mass is 16.5. The molecule has 1 aromatic heterocycles. The van der Waals surface area contributed by atoms with E-state index in [9.17, 15) is 4.79 Å². The van der Waals surface area contributed by atoms with Crippen LogP contribution in [0.5, 0.6) is 11.5 Å². The number of anilines is 1. The van der Waals surface area contributed by atoms with Crippen LogP contribution in [-0.2, 0) is 6.54 Å². The number of hydrogen-bond donors (Lipinski definition) is 2. The molecule has 1 aromatic carbocycles. The van der Waals surface area contributed by atoms with Crippen LogP contribution in [0.3, 0.4) is 0 Å². The van der Waals surface area contributed by atoms with E-state index < -0.39 is 0 Å². The van der Waals surface area contributed by atoms with Crippen molar-refractivity contribution in [1.82, 2.24) is 15.5 Å². The summed E-state index contributed by atoms with van der Waals surface area (Å²) in [5, 5.41) is 9.79. The van der Waals surface area contributed by atoms with Crippen molar-refractivity contribution in [3.8, 4) is 11.5 Å². The van der Waals surface area contributed by atoms with E-state index in [4.69, 9.17) is 19.6 Å². The Morgan fingerprint density at radius 1 is 1.45 bits per heavy atom. The standard InChI is InChI=1S/C14H16N4O4/c1-3-6-21-10-5-4-9(7-11(10)20-2)13(19)16-8-12-17-18-14(15)22-12/h3-5,7H,1,6,8H2,2H3,(H2,15,18)(H,16,19). The summed E-state index contributed by atoms with van der Waals surface area (Å²) < 4.78 is 15.6. The van der Waals surface area contributed by atoms with Crippen molar-refractivity contribution >= 4 is 11.9 Å². The maximum Gasteiger partial charge on any atom is 0.312 e. The van der Waals surface area contributed by atoms with Crippen LogP contribution in [0.25, 0.3) is 0 Å². The maximum absolute atomic E-state index is 12.1. The number of rotatable bonds is 7. The number of aromatic nitrogens is 2. The molecule has 0 aliphatic heterocycles. The number of hydrogen-bond acceptors (Lipinski definition) is 7. The number of ether oxygens (including phenoxy) is 2. The summed E-state index contributed by atoms with van der Waals surface area (Å²) in [5.74, 6) is 0.897. The van der Waals surface area contributed by atoms with Gasteiger partial charge in [-0.05, 0) is 18.2 Å². The van der Waals surface area contributed by atoms with Gasteiger partial charge in [-0.15, -0.1) is 5.10 Å². The number of carbonyl (C=O) groups is 1. The molecular formula is C14H16N4O4. The third-order valence-corrected chi connectivity index (χ3v) is 2.67. The maximum atomic E-state index is 12.1. The summed E-state index contributed by atoms with van der Waals surface area (Å²) in [6, 6.07) is 4.81. The molecule has 2 aromatic rings. The monoisotopic (exact) mass is 304 g/mol. The second-order valence-corrected chi connectivity index (χ2v) is 4.18. The molecule has 0 atom stereocenters. The van der Waals surface area contributed by atoms with Gasteiger partial charge in [0.05, 0.1) is 13.7 Å². The van der Waals surface area contributed by atoms with Crippen molar-refractivity contribution in [3.63, 3.8) is 0 Å². The van der Waals surface area contributed by atoms with Crippen LogP contribution in [0.2, 0.25) is 0 Å². The minimum atomic E-state index is -0.314. The molecule has 0 fully saturated rings. The SMILES string of the molecule is C=CCOc1ccc(C(=O)NCc2nnc(N)o2)cc1OC. The molecule has 22 heavy (non-hydrogen) atoms. The lowest BCUT2D eigenvalue weighted by Gasteiger charge is -2.10. The molecule has 116 valence electrons. The minimum Gasteiger partial charge on any atom is -0.493 e. The van der Waals surface area contributed by atoms with Gasteiger partial charge in [-0.2, -0.15) is 0 Å². The Morgan fingerprint density at radius 2 is 2.27 bits per heavy atom. The van der Waals surface area contributed by atoms with Crippen LogP contribution in [0.1, 0.15) is 16.2 Å². The molecule has 8 nitrogen and oxygen atoms in total. The lowest BCUT2D eigenvalue weighted by molar-refractivity contribution is 0.0947. The summed E-state index contributed by atoms with van der Waals surface area (Å²) in [7, 11) is 1.50. The zero-order valence-electron chi connectivity index (χ0n) is 12.0. The minimum absolute atomic E-state index is 0.0466. The van der Waals surface area contributed by atoms with Gasteiger partial charge in [0.1, 0.15) is 6.61 Å². The van der Waals surface area contributed by atoms with Crippen LogP contribution in [-0.4, -0.2) is 29.8 Å². The Morgan fingerprint density at radius 3 is 2.91 bits per heavy atom. The number of nitrogens with zero attached hydrogens (tertiary/aromatic N) is 2. The van der Waals surface area contributed by atoms with Crippen molar-refractivity contribution in [1.29, 1.82) is 0 Å². The predicted octanol–water partition coefficient (Wildman–Crippen LogP) is 1.16. The zero-order valence-corrected chi connectivity index (χ0v) is 12.0. The normalized spacial score (nSPS) is 10.0. The molecule has 3 N–H and O–H groups in total. The van der Waals surface area contributed by atoms with E-state index in [0.29, 0.717) is 23.7 Å². The molecule has 8 heteroatoms. The average molecular weight is 304 g/mol. The van der Waals surface area contributed by atoms with E-state index in [0.717, 1.165) is 0 Å². The van der Waals surface area contributed by atoms with E-state index in [-0.39, 0.29) is 24.4 Å². The number of amides is 1. The second kappa shape index (κ2) is 7.11. The van der Waals surface area contributed by atoms with E-state index in [1.807, 2.05) is 0 Å². The molecule has 0 spiro atoms. The summed E-state index contributed by atoms with van der Waals surface area (Å²) >= 11 is 0. The van der Waals surface area contributed by atoms with Gasteiger partial charge < -0.3 is 24.9 Å². The van der Waals surface area contributed by atoms with Crippen molar-refractivity contribution in [2.45, 2.75) is 6.54 Å². The smallest absolute Gasteiger partial charge is 0.312 e. The van der Waals surface area contributed by atoms with E-state index in [1.165, 1.54) is 7.11 Å². The van der Waals surface area contributed by atoms with Gasteiger partial charge in [0, 0.05) is 5.56 Å². The molecule has 0 saturated carbocycles. The molecule has 2 rings (SSSR count). The van der Waals surface area contributed by atoms with Crippen LogP contribution in [0, 0.1) is 0 Å². The molecule has 0 bridgehead atoms. The lowest BCUT2D eigenvalue weighted by atomic mass is 10.2. The number of methoxy groups -OCH3 is 1. The second-order valence-electron chi connectivity index (χ2n) is 4.18. The first-order chi connectivity index (χ1) is 10.6. The highest BCUT2D eigenvalue weighted by Crippen LogP contribution is 2.28. The summed E-state index contributed by atoms with van der Waals surface area (Å²) in [6.07, 6.45) is 1.62. The highest BCUT2D eigenvalue weighted by molar-refractivity contribution is 5.94. The lowest BCUT2D eigenvalue weighted by Crippen LogP contribution is -2.23. The van der Waals surface area contributed by atoms with E-state index in [2.05, 4.69) is 22.1 Å². The number of carbonyl (C=O) groups excluding carboxylic acids is 1. The largest absolute Gasteiger partial charge is 0.493 e. The first kappa shape index (κ1) is 15.4. The quantitative estimate of drug-likeness (QED) is 0.738. The van der Waals surface area contributed by atoms with E-state index in [1.54, 1.807) is 24.3 Å². The van der Waals surface area contributed by atoms with Crippen molar-refractivity contribution in [2.24, 2.45) is 0 Å². The van der Waals surface area contributed by atoms with Gasteiger partial charge in [0.2, 0.25) is 5.89 Å². The topological polar surface area (TPSA) is 112 Å². The van der Waals surface area contributed by atoms with Gasteiger partial charge in [-0.3, -0.25) is 4.79 Å². The molecule has 0 saturated heterocycles. The number of nitrogen functional groups attached to an aromatic ring is 1. The Bertz CT molecular complexity index is 669. The molecule has 1 heterocycles. The Kier molecular flexibility index (Phi) is 4.97. The fourth-order valence-electron chi connectivity index (χ4n) is 1.67. The summed E-state index contributed by atoms with van der Waals surface area (Å²) in [6.45, 7) is 4.00. The fourth-order valence-corrected chi connectivity index (χ4v) is 1.67. The molecule has 0 aliphatic carbocycles. The number of nitrogens with one attached hydrogen (secondary N) is 1. The van der Waals surface area contributed by atoms with Crippen LogP contribution < -0.4 is 20.5 Å². The fraction of sp³-hybridized carbons (Fsp3) is 0.214. The van der Waals surface area contributed by atoms with Gasteiger partial charge in [0.15, 0.2) is 11.5 Å². The van der Waals surface area contributed by atoms with Crippen molar-refractivity contribution < 1.29 is 18.7 Å². The van der Waals surface area contributed by atoms with Gasteiger partial charge in [-0.25, -0.2) is 0 Å². The van der Waals surface area contributed by atoms with Crippen molar-refractivity contribution in [2.75, 3.05) is 19.5 Å². The average Bonchev–Trinajstić information content (AvgIpc) is 2.95. The third kappa shape index (κ3) is 3.75. The molecule has 0 radical (unpaired) electrons. The van der Waals surface area contributed by atoms with Crippen LogP contribution in [0.4, 0.5) is 6.01 Å². The molecule has 0 aliphatic rings. The Labute approximate surface area is 126 Å². The first-order valence-corrected chi connectivity index (χ1v) is 6.42. The van der Waals surface area contributed by atoms with Gasteiger partial charge in [0.25, 0.3) is 5.91 Å². The van der Waals surface area contributed by atoms with Crippen molar-refractivity contribution in [3.05, 3.63) is 42.3 Å². The Hall–Kier alpha value is -3.03. The Balaban J connectivity index is 2.04. The molecule has 0 unspecified atom stereocenters. The highest BCUT2D eigenvalue weighted by Gasteiger charge is 2.12. The predicted molar refractivity (Wildman–Crippen MR) is 78.6 cm³/mol. The number of benzene rings is 1. The van der Waals surface area contributed by atoms with E-state index >= 15 is 0 Å². The van der Waals surface area contributed by atoms with Gasteiger partial charge >= 0.3 is 6.01 Å². The summed E-state index contributed by atoms with van der Waals surface area (Å²) in [4.78, 5) is 12.1.